The van der Waals surface area contributed by atoms with E-state index in [9.17, 15) is 0 Å². The fraction of sp³-hybridized carbons (Fsp3) is 0. The van der Waals surface area contributed by atoms with Crippen LogP contribution >= 0.6 is 0 Å². The molecule has 4 aromatic heterocycles. The summed E-state index contributed by atoms with van der Waals surface area (Å²) in [4.78, 5) is 4.85. The first-order chi connectivity index (χ1) is 22.4. The molecule has 0 aliphatic carbocycles. The number of para-hydroxylation sites is 4. The van der Waals surface area contributed by atoms with Crippen molar-refractivity contribution in [2.45, 2.75) is 0 Å². The van der Waals surface area contributed by atoms with Crippen LogP contribution in [0.1, 0.15) is 0 Å². The minimum Gasteiger partial charge on any atom is -0.307 e. The summed E-state index contributed by atoms with van der Waals surface area (Å²) in [5.74, 6) is 0. The molecule has 0 fully saturated rings. The Morgan fingerprint density at radius 2 is 0.800 bits per heavy atom. The Balaban J connectivity index is 1.36. The first-order valence-corrected chi connectivity index (χ1v) is 15.3. The van der Waals surface area contributed by atoms with Gasteiger partial charge in [-0.2, -0.15) is 0 Å². The van der Waals surface area contributed by atoms with E-state index in [1.54, 1.807) is 0 Å². The van der Waals surface area contributed by atoms with Crippen molar-refractivity contribution in [2.24, 2.45) is 0 Å². The molecule has 0 N–H and O–H groups in total. The van der Waals surface area contributed by atoms with Gasteiger partial charge in [-0.1, -0.05) is 91.0 Å². The van der Waals surface area contributed by atoms with E-state index >= 15 is 0 Å². The number of pyridine rings is 1. The second-order valence-electron chi connectivity index (χ2n) is 11.6. The summed E-state index contributed by atoms with van der Waals surface area (Å²) in [6, 6.07) is 54.5. The van der Waals surface area contributed by atoms with Gasteiger partial charge in [0, 0.05) is 55.6 Å². The molecule has 10 aromatic rings. The Bertz CT molecular complexity index is 2710. The maximum absolute atomic E-state index is 4.85. The summed E-state index contributed by atoms with van der Waals surface area (Å²) in [5, 5.41) is 7.33. The SMILES string of the molecule is c1ccc(-n2c3ccccc3c3ccc4c5ccccc5n(-c5cccc(-n6c7ccccc7c7cccnc76)c5)c4c32)cc1. The monoisotopic (exact) mass is 574 g/mol. The Morgan fingerprint density at radius 3 is 1.44 bits per heavy atom. The van der Waals surface area contributed by atoms with Gasteiger partial charge in [0.25, 0.3) is 0 Å². The second kappa shape index (κ2) is 9.18. The van der Waals surface area contributed by atoms with Crippen LogP contribution in [0, 0.1) is 0 Å². The highest BCUT2D eigenvalue weighted by Crippen LogP contribution is 2.42. The van der Waals surface area contributed by atoms with Crippen LogP contribution in [0.2, 0.25) is 0 Å². The van der Waals surface area contributed by atoms with Crippen LogP contribution in [0.25, 0.3) is 82.6 Å². The molecule has 210 valence electrons. The van der Waals surface area contributed by atoms with Crippen molar-refractivity contribution in [1.29, 1.82) is 0 Å². The van der Waals surface area contributed by atoms with Crippen molar-refractivity contribution in [2.75, 3.05) is 0 Å². The number of benzene rings is 6. The maximum Gasteiger partial charge on any atom is 0.145 e. The molecule has 0 atom stereocenters. The predicted octanol–water partition coefficient (Wildman–Crippen LogP) is 10.4. The van der Waals surface area contributed by atoms with Gasteiger partial charge >= 0.3 is 0 Å². The highest BCUT2D eigenvalue weighted by molar-refractivity contribution is 6.23. The van der Waals surface area contributed by atoms with Crippen LogP contribution in [0.3, 0.4) is 0 Å². The van der Waals surface area contributed by atoms with E-state index in [0.717, 1.165) is 33.6 Å². The van der Waals surface area contributed by atoms with Crippen molar-refractivity contribution in [3.05, 3.63) is 158 Å². The lowest BCUT2D eigenvalue weighted by molar-refractivity contribution is 1.11. The zero-order chi connectivity index (χ0) is 29.5. The third-order valence-electron chi connectivity index (χ3n) is 9.26. The number of rotatable bonds is 3. The van der Waals surface area contributed by atoms with Crippen LogP contribution in [-0.2, 0) is 0 Å². The van der Waals surface area contributed by atoms with E-state index in [1.165, 1.54) is 49.0 Å². The molecule has 0 saturated carbocycles. The normalized spacial score (nSPS) is 12.0. The molecule has 0 unspecified atom stereocenters. The van der Waals surface area contributed by atoms with Crippen molar-refractivity contribution >= 4 is 65.5 Å². The first kappa shape index (κ1) is 24.3. The molecule has 0 amide bonds. The van der Waals surface area contributed by atoms with Gasteiger partial charge in [0.1, 0.15) is 5.65 Å². The lowest BCUT2D eigenvalue weighted by Gasteiger charge is -2.14. The Morgan fingerprint density at radius 1 is 0.333 bits per heavy atom. The third-order valence-corrected chi connectivity index (χ3v) is 9.26. The van der Waals surface area contributed by atoms with Crippen LogP contribution in [0.4, 0.5) is 0 Å². The molecule has 0 aliphatic heterocycles. The van der Waals surface area contributed by atoms with Gasteiger partial charge in [-0.25, -0.2) is 4.98 Å². The van der Waals surface area contributed by atoms with E-state index in [4.69, 9.17) is 4.98 Å². The molecule has 0 spiro atoms. The van der Waals surface area contributed by atoms with Gasteiger partial charge in [0.2, 0.25) is 0 Å². The molecular weight excluding hydrogens is 548 g/mol. The number of fused-ring (bicyclic) bond motifs is 10. The van der Waals surface area contributed by atoms with E-state index in [-0.39, 0.29) is 0 Å². The van der Waals surface area contributed by atoms with Gasteiger partial charge in [-0.15, -0.1) is 0 Å². The third kappa shape index (κ3) is 3.34. The maximum atomic E-state index is 4.85. The number of aromatic nitrogens is 4. The minimum atomic E-state index is 0.963. The average molecular weight is 575 g/mol. The number of hydrogen-bond donors (Lipinski definition) is 0. The highest BCUT2D eigenvalue weighted by atomic mass is 15.1. The van der Waals surface area contributed by atoms with E-state index in [0.29, 0.717) is 0 Å². The molecule has 0 bridgehead atoms. The van der Waals surface area contributed by atoms with Gasteiger partial charge in [0.15, 0.2) is 0 Å². The molecule has 0 radical (unpaired) electrons. The standard InChI is InChI=1S/C41H26N4/c1-2-12-27(13-3-1)43-36-20-7-4-16-30(36)33-23-24-34-31-17-5-8-21-37(31)44(40(34)39(33)43)28-14-10-15-29(26-28)45-38-22-9-6-18-32(38)35-19-11-25-42-41(35)45/h1-26H. The molecule has 6 aromatic carbocycles. The molecule has 4 heterocycles. The lowest BCUT2D eigenvalue weighted by Crippen LogP contribution is -2.01. The van der Waals surface area contributed by atoms with Crippen LogP contribution in [0.15, 0.2) is 158 Å². The average Bonchev–Trinajstić information content (AvgIpc) is 3.75. The summed E-state index contributed by atoms with van der Waals surface area (Å²) in [6.45, 7) is 0. The van der Waals surface area contributed by atoms with Crippen molar-refractivity contribution in [1.82, 2.24) is 18.7 Å². The summed E-state index contributed by atoms with van der Waals surface area (Å²) >= 11 is 0. The summed E-state index contributed by atoms with van der Waals surface area (Å²) < 4.78 is 7.18. The Labute approximate surface area is 258 Å². The molecule has 0 saturated heterocycles. The van der Waals surface area contributed by atoms with E-state index in [1.807, 2.05) is 12.3 Å². The van der Waals surface area contributed by atoms with E-state index < -0.39 is 0 Å². The number of hydrogen-bond acceptors (Lipinski definition) is 1. The quantitative estimate of drug-likeness (QED) is 0.206. The van der Waals surface area contributed by atoms with Gasteiger partial charge in [-0.05, 0) is 60.7 Å². The van der Waals surface area contributed by atoms with Crippen molar-refractivity contribution in [3.8, 4) is 17.1 Å². The van der Waals surface area contributed by atoms with Crippen molar-refractivity contribution in [3.63, 3.8) is 0 Å². The van der Waals surface area contributed by atoms with Crippen LogP contribution < -0.4 is 0 Å². The minimum absolute atomic E-state index is 0.963. The Kier molecular flexibility index (Phi) is 4.96. The molecule has 45 heavy (non-hydrogen) atoms. The first-order valence-electron chi connectivity index (χ1n) is 15.3. The fourth-order valence-corrected chi connectivity index (χ4v) is 7.44. The summed E-state index contributed by atoms with van der Waals surface area (Å²) in [6.07, 6.45) is 1.88. The molecular formula is C41H26N4. The highest BCUT2D eigenvalue weighted by Gasteiger charge is 2.21. The second-order valence-corrected chi connectivity index (χ2v) is 11.6. The molecule has 10 rings (SSSR count). The van der Waals surface area contributed by atoms with Crippen molar-refractivity contribution < 1.29 is 0 Å². The fourth-order valence-electron chi connectivity index (χ4n) is 7.44. The summed E-state index contributed by atoms with van der Waals surface area (Å²) in [7, 11) is 0. The van der Waals surface area contributed by atoms with E-state index in [2.05, 4.69) is 159 Å². The molecule has 4 heteroatoms. The summed E-state index contributed by atoms with van der Waals surface area (Å²) in [5.41, 5.74) is 10.2. The van der Waals surface area contributed by atoms with Gasteiger partial charge < -0.3 is 9.13 Å². The van der Waals surface area contributed by atoms with Gasteiger partial charge in [-0.3, -0.25) is 4.57 Å². The molecule has 0 aliphatic rings. The number of nitrogens with zero attached hydrogens (tertiary/aromatic N) is 4. The topological polar surface area (TPSA) is 27.7 Å². The molecule has 4 nitrogen and oxygen atoms in total. The lowest BCUT2D eigenvalue weighted by atomic mass is 10.1. The zero-order valence-corrected chi connectivity index (χ0v) is 24.3. The predicted molar refractivity (Wildman–Crippen MR) is 187 cm³/mol. The largest absolute Gasteiger partial charge is 0.307 e. The zero-order valence-electron chi connectivity index (χ0n) is 24.3. The smallest absolute Gasteiger partial charge is 0.145 e. The Hall–Kier alpha value is -6.13. The van der Waals surface area contributed by atoms with Crippen LogP contribution in [-0.4, -0.2) is 18.7 Å². The van der Waals surface area contributed by atoms with Gasteiger partial charge in [0.05, 0.1) is 27.6 Å². The van der Waals surface area contributed by atoms with Crippen LogP contribution in [0.5, 0.6) is 0 Å².